The maximum atomic E-state index is 12.6. The molecule has 0 aromatic rings. The lowest BCUT2D eigenvalue weighted by Crippen LogP contribution is -2.46. The number of hydrogen-bond donors (Lipinski definition) is 1. The summed E-state index contributed by atoms with van der Waals surface area (Å²) in [4.78, 5) is 0. The van der Waals surface area contributed by atoms with Gasteiger partial charge in [0.15, 0.2) is 0 Å². The minimum atomic E-state index is -2.44. The molecule has 2 rings (SSSR count). The molecule has 2 N–H and O–H groups in total. The summed E-state index contributed by atoms with van der Waals surface area (Å²) in [5.74, 6) is -2.44. The van der Waals surface area contributed by atoms with Gasteiger partial charge in [0.2, 0.25) is 5.92 Å². The molecular weight excluding hydrogens is 200 g/mol. The standard InChI is InChI=1S/C8H13F2NO.ClH/c9-8(10)3-7(4-8)1-6(2-11)12-5-7;/h6H,1-5,11H2;1H. The van der Waals surface area contributed by atoms with E-state index in [0.29, 0.717) is 13.2 Å². The van der Waals surface area contributed by atoms with Gasteiger partial charge < -0.3 is 10.5 Å². The summed E-state index contributed by atoms with van der Waals surface area (Å²) in [6, 6.07) is 0. The summed E-state index contributed by atoms with van der Waals surface area (Å²) in [5.41, 5.74) is 5.16. The molecular formula is C8H14ClF2NO. The van der Waals surface area contributed by atoms with Crippen LogP contribution in [0.25, 0.3) is 0 Å². The van der Waals surface area contributed by atoms with Crippen LogP contribution in [0.5, 0.6) is 0 Å². The summed E-state index contributed by atoms with van der Waals surface area (Å²) < 4.78 is 30.5. The van der Waals surface area contributed by atoms with E-state index >= 15 is 0 Å². The molecule has 1 aliphatic carbocycles. The van der Waals surface area contributed by atoms with Gasteiger partial charge in [-0.15, -0.1) is 12.4 Å². The van der Waals surface area contributed by atoms with Crippen molar-refractivity contribution >= 4 is 12.4 Å². The molecule has 1 atom stereocenters. The molecule has 1 aliphatic heterocycles. The first kappa shape index (κ1) is 11.1. The molecule has 1 unspecified atom stereocenters. The van der Waals surface area contributed by atoms with E-state index < -0.39 is 5.92 Å². The highest BCUT2D eigenvalue weighted by Crippen LogP contribution is 2.57. The van der Waals surface area contributed by atoms with E-state index in [-0.39, 0.29) is 36.8 Å². The van der Waals surface area contributed by atoms with Gasteiger partial charge in [-0.2, -0.15) is 0 Å². The fourth-order valence-electron chi connectivity index (χ4n) is 2.34. The Bertz CT molecular complexity index is 193. The summed E-state index contributed by atoms with van der Waals surface area (Å²) in [5, 5.41) is 0. The second-order valence-electron chi connectivity index (χ2n) is 4.08. The summed E-state index contributed by atoms with van der Waals surface area (Å²) in [6.45, 7) is 0.928. The molecule has 0 bridgehead atoms. The van der Waals surface area contributed by atoms with Crippen LogP contribution in [-0.2, 0) is 4.74 Å². The molecule has 2 nitrogen and oxygen atoms in total. The molecule has 0 aromatic carbocycles. The van der Waals surface area contributed by atoms with Gasteiger partial charge in [0.05, 0.1) is 12.7 Å². The Labute approximate surface area is 82.2 Å². The van der Waals surface area contributed by atoms with Crippen molar-refractivity contribution in [1.82, 2.24) is 0 Å². The van der Waals surface area contributed by atoms with Gasteiger partial charge in [-0.3, -0.25) is 0 Å². The summed E-state index contributed by atoms with van der Waals surface area (Å²) >= 11 is 0. The van der Waals surface area contributed by atoms with Crippen LogP contribution in [0.15, 0.2) is 0 Å². The van der Waals surface area contributed by atoms with E-state index in [9.17, 15) is 8.78 Å². The molecule has 1 saturated carbocycles. The Morgan fingerprint density at radius 3 is 2.38 bits per heavy atom. The van der Waals surface area contributed by atoms with Gasteiger partial charge in [0.1, 0.15) is 0 Å². The van der Waals surface area contributed by atoms with Gasteiger partial charge in [-0.05, 0) is 6.42 Å². The van der Waals surface area contributed by atoms with E-state index in [1.807, 2.05) is 0 Å². The van der Waals surface area contributed by atoms with Crippen LogP contribution in [0.2, 0.25) is 0 Å². The number of ether oxygens (including phenoxy) is 1. The zero-order valence-corrected chi connectivity index (χ0v) is 8.08. The predicted molar refractivity (Wildman–Crippen MR) is 47.3 cm³/mol. The van der Waals surface area contributed by atoms with Gasteiger partial charge in [-0.1, -0.05) is 0 Å². The Balaban J connectivity index is 0.000000845. The van der Waals surface area contributed by atoms with Gasteiger partial charge in [0, 0.05) is 24.8 Å². The van der Waals surface area contributed by atoms with Crippen molar-refractivity contribution in [1.29, 1.82) is 0 Å². The number of halogens is 3. The lowest BCUT2D eigenvalue weighted by molar-refractivity contribution is -0.160. The SMILES string of the molecule is Cl.NCC1CC2(CO1)CC(F)(F)C2. The van der Waals surface area contributed by atoms with Gasteiger partial charge in [-0.25, -0.2) is 8.78 Å². The van der Waals surface area contributed by atoms with Crippen LogP contribution in [0.4, 0.5) is 8.78 Å². The first-order chi connectivity index (χ1) is 5.55. The van der Waals surface area contributed by atoms with Crippen molar-refractivity contribution in [2.75, 3.05) is 13.2 Å². The van der Waals surface area contributed by atoms with E-state index in [0.717, 1.165) is 6.42 Å². The number of alkyl halides is 2. The first-order valence-corrected chi connectivity index (χ1v) is 4.25. The molecule has 2 aliphatic rings. The number of hydrogen-bond acceptors (Lipinski definition) is 2. The molecule has 0 radical (unpaired) electrons. The molecule has 5 heteroatoms. The fourth-order valence-corrected chi connectivity index (χ4v) is 2.34. The van der Waals surface area contributed by atoms with Crippen LogP contribution in [0.1, 0.15) is 19.3 Å². The molecule has 1 saturated heterocycles. The second-order valence-corrected chi connectivity index (χ2v) is 4.08. The average Bonchev–Trinajstić information content (AvgIpc) is 2.29. The normalized spacial score (nSPS) is 33.9. The lowest BCUT2D eigenvalue weighted by atomic mass is 9.65. The second kappa shape index (κ2) is 3.33. The molecule has 2 fully saturated rings. The Morgan fingerprint density at radius 2 is 2.00 bits per heavy atom. The third-order valence-corrected chi connectivity index (χ3v) is 2.82. The average molecular weight is 214 g/mol. The monoisotopic (exact) mass is 213 g/mol. The maximum absolute atomic E-state index is 12.6. The van der Waals surface area contributed by atoms with Crippen molar-refractivity contribution < 1.29 is 13.5 Å². The molecule has 13 heavy (non-hydrogen) atoms. The van der Waals surface area contributed by atoms with Crippen LogP contribution in [0, 0.1) is 5.41 Å². The highest BCUT2D eigenvalue weighted by molar-refractivity contribution is 5.85. The lowest BCUT2D eigenvalue weighted by Gasteiger charge is -2.43. The Hall–Kier alpha value is 0.0700. The topological polar surface area (TPSA) is 35.2 Å². The van der Waals surface area contributed by atoms with Crippen molar-refractivity contribution in [2.24, 2.45) is 11.1 Å². The first-order valence-electron chi connectivity index (χ1n) is 4.25. The van der Waals surface area contributed by atoms with Crippen LogP contribution >= 0.6 is 12.4 Å². The number of rotatable bonds is 1. The van der Waals surface area contributed by atoms with Crippen molar-refractivity contribution in [3.63, 3.8) is 0 Å². The predicted octanol–water partition coefficient (Wildman–Crippen LogP) is 1.57. The molecule has 0 amide bonds. The van der Waals surface area contributed by atoms with Crippen molar-refractivity contribution in [3.8, 4) is 0 Å². The van der Waals surface area contributed by atoms with Crippen LogP contribution < -0.4 is 5.73 Å². The molecule has 1 heterocycles. The summed E-state index contributed by atoms with van der Waals surface area (Å²) in [6.07, 6.45) is 0.729. The minimum Gasteiger partial charge on any atom is -0.376 e. The molecule has 1 spiro atoms. The molecule has 78 valence electrons. The summed E-state index contributed by atoms with van der Waals surface area (Å²) in [7, 11) is 0. The van der Waals surface area contributed by atoms with Gasteiger partial charge >= 0.3 is 0 Å². The smallest absolute Gasteiger partial charge is 0.249 e. The van der Waals surface area contributed by atoms with Crippen molar-refractivity contribution in [3.05, 3.63) is 0 Å². The van der Waals surface area contributed by atoms with Gasteiger partial charge in [0.25, 0.3) is 0 Å². The van der Waals surface area contributed by atoms with E-state index in [1.165, 1.54) is 0 Å². The quantitative estimate of drug-likeness (QED) is 0.718. The van der Waals surface area contributed by atoms with E-state index in [1.54, 1.807) is 0 Å². The third kappa shape index (κ3) is 1.95. The Morgan fingerprint density at radius 1 is 1.38 bits per heavy atom. The van der Waals surface area contributed by atoms with Crippen molar-refractivity contribution in [2.45, 2.75) is 31.3 Å². The highest BCUT2D eigenvalue weighted by atomic mass is 35.5. The maximum Gasteiger partial charge on any atom is 0.249 e. The van der Waals surface area contributed by atoms with E-state index in [4.69, 9.17) is 10.5 Å². The van der Waals surface area contributed by atoms with Crippen LogP contribution in [0.3, 0.4) is 0 Å². The zero-order chi connectivity index (χ0) is 8.82. The van der Waals surface area contributed by atoms with Crippen LogP contribution in [-0.4, -0.2) is 25.2 Å². The fraction of sp³-hybridized carbons (Fsp3) is 1.00. The number of nitrogens with two attached hydrogens (primary N) is 1. The third-order valence-electron chi connectivity index (χ3n) is 2.82. The highest BCUT2D eigenvalue weighted by Gasteiger charge is 2.59. The minimum absolute atomic E-state index is 0. The zero-order valence-electron chi connectivity index (χ0n) is 7.26. The van der Waals surface area contributed by atoms with E-state index in [2.05, 4.69) is 0 Å². The largest absolute Gasteiger partial charge is 0.376 e. The Kier molecular flexibility index (Phi) is 2.86. The molecule has 0 aromatic heterocycles.